The van der Waals surface area contributed by atoms with E-state index in [0.717, 1.165) is 18.2 Å². The van der Waals surface area contributed by atoms with Crippen LogP contribution in [0.5, 0.6) is 0 Å². The Kier molecular flexibility index (Phi) is 6.08. The number of hydrogen-bond acceptors (Lipinski definition) is 1. The maximum absolute atomic E-state index is 12.7. The third-order valence-corrected chi connectivity index (χ3v) is 2.52. The molecule has 0 rings (SSSR count). The second kappa shape index (κ2) is 6.51. The van der Waals surface area contributed by atoms with Crippen molar-refractivity contribution in [3.63, 3.8) is 0 Å². The van der Waals surface area contributed by atoms with E-state index in [4.69, 9.17) is 0 Å². The second-order valence-corrected chi connectivity index (χ2v) is 3.76. The van der Waals surface area contributed by atoms with Crippen molar-refractivity contribution in [3.8, 4) is 0 Å². The van der Waals surface area contributed by atoms with E-state index < -0.39 is 18.2 Å². The molecule has 0 aliphatic heterocycles. The highest BCUT2D eigenvalue weighted by atomic mass is 19.3. The van der Waals surface area contributed by atoms with Crippen LogP contribution in [0, 0.1) is 5.92 Å². The molecule has 4 heteroatoms. The normalized spacial score (nSPS) is 15.5. The van der Waals surface area contributed by atoms with Crippen LogP contribution < -0.4 is 0 Å². The van der Waals surface area contributed by atoms with Crippen LogP contribution in [0.2, 0.25) is 0 Å². The van der Waals surface area contributed by atoms with Gasteiger partial charge in [-0.1, -0.05) is 20.4 Å². The molecule has 0 spiro atoms. The van der Waals surface area contributed by atoms with E-state index in [-0.39, 0.29) is 0 Å². The molecule has 0 bridgehead atoms. The van der Waals surface area contributed by atoms with Crippen molar-refractivity contribution in [2.24, 2.45) is 10.9 Å². The van der Waals surface area contributed by atoms with E-state index in [2.05, 4.69) is 11.6 Å². The Labute approximate surface area is 94.8 Å². The molecule has 0 saturated carbocycles. The summed E-state index contributed by atoms with van der Waals surface area (Å²) in [5.74, 6) is -3.18. The van der Waals surface area contributed by atoms with Gasteiger partial charge in [-0.05, 0) is 25.3 Å². The fourth-order valence-electron chi connectivity index (χ4n) is 0.875. The third-order valence-electron chi connectivity index (χ3n) is 2.52. The number of alkyl halides is 3. The molecule has 0 aromatic carbocycles. The Hall–Kier alpha value is -1.06. The molecule has 0 amide bonds. The standard InChI is InChI=1S/C12H18F3N/c1-5-9(2)11(4)16-7-6-10(3)12(14,15)8-13/h6-7,9H,3,5,8H2,1-2,4H3/b7-6-,16-11?. The predicted molar refractivity (Wildman–Crippen MR) is 61.8 cm³/mol. The lowest BCUT2D eigenvalue weighted by molar-refractivity contribution is 0.0192. The number of hydrogen-bond donors (Lipinski definition) is 0. The molecule has 1 atom stereocenters. The molecule has 1 nitrogen and oxygen atoms in total. The maximum atomic E-state index is 12.7. The molecule has 0 heterocycles. The summed E-state index contributed by atoms with van der Waals surface area (Å²) in [6.45, 7) is 7.22. The minimum atomic E-state index is -3.49. The van der Waals surface area contributed by atoms with Gasteiger partial charge in [-0.2, -0.15) is 8.78 Å². The minimum Gasteiger partial charge on any atom is -0.266 e. The topological polar surface area (TPSA) is 12.4 Å². The van der Waals surface area contributed by atoms with Crippen molar-refractivity contribution in [1.82, 2.24) is 0 Å². The van der Waals surface area contributed by atoms with Crippen LogP contribution >= 0.6 is 0 Å². The summed E-state index contributed by atoms with van der Waals surface area (Å²) < 4.78 is 37.4. The monoisotopic (exact) mass is 233 g/mol. The average molecular weight is 233 g/mol. The van der Waals surface area contributed by atoms with E-state index in [1.54, 1.807) is 0 Å². The summed E-state index contributed by atoms with van der Waals surface area (Å²) in [5.41, 5.74) is 0.297. The molecule has 0 aromatic heterocycles. The Bertz CT molecular complexity index is 293. The first-order chi connectivity index (χ1) is 7.35. The van der Waals surface area contributed by atoms with Crippen LogP contribution in [0.1, 0.15) is 27.2 Å². The first-order valence-electron chi connectivity index (χ1n) is 5.19. The van der Waals surface area contributed by atoms with Crippen LogP contribution in [0.15, 0.2) is 29.4 Å². The molecule has 0 aliphatic rings. The van der Waals surface area contributed by atoms with E-state index >= 15 is 0 Å². The lowest BCUT2D eigenvalue weighted by Gasteiger charge is -2.11. The van der Waals surface area contributed by atoms with E-state index in [9.17, 15) is 13.2 Å². The molecule has 0 aromatic rings. The van der Waals surface area contributed by atoms with E-state index in [0.29, 0.717) is 5.92 Å². The highest BCUT2D eigenvalue weighted by Crippen LogP contribution is 2.24. The predicted octanol–water partition coefficient (Wildman–Crippen LogP) is 4.17. The molecule has 16 heavy (non-hydrogen) atoms. The second-order valence-electron chi connectivity index (χ2n) is 3.76. The van der Waals surface area contributed by atoms with Gasteiger partial charge in [0.05, 0.1) is 0 Å². The highest BCUT2D eigenvalue weighted by Gasteiger charge is 2.31. The van der Waals surface area contributed by atoms with Gasteiger partial charge in [0.1, 0.15) is 0 Å². The largest absolute Gasteiger partial charge is 0.300 e. The zero-order valence-electron chi connectivity index (χ0n) is 9.93. The van der Waals surface area contributed by atoms with Gasteiger partial charge in [0, 0.05) is 17.5 Å². The quantitative estimate of drug-likeness (QED) is 0.482. The average Bonchev–Trinajstić information content (AvgIpc) is 2.27. The van der Waals surface area contributed by atoms with Gasteiger partial charge in [0.25, 0.3) is 0 Å². The first kappa shape index (κ1) is 14.9. The van der Waals surface area contributed by atoms with Gasteiger partial charge < -0.3 is 0 Å². The zero-order valence-corrected chi connectivity index (χ0v) is 9.93. The van der Waals surface area contributed by atoms with Crippen molar-refractivity contribution in [2.45, 2.75) is 33.1 Å². The molecule has 0 radical (unpaired) electrons. The summed E-state index contributed by atoms with van der Waals surface area (Å²) in [6, 6.07) is 0. The van der Waals surface area contributed by atoms with Crippen LogP contribution in [-0.2, 0) is 0 Å². The number of halogens is 3. The third kappa shape index (κ3) is 4.64. The Balaban J connectivity index is 4.47. The number of allylic oxidation sites excluding steroid dienone is 2. The van der Waals surface area contributed by atoms with Crippen LogP contribution in [0.25, 0.3) is 0 Å². The Morgan fingerprint density at radius 3 is 2.50 bits per heavy atom. The number of nitrogens with zero attached hydrogens (tertiary/aromatic N) is 1. The number of aliphatic imine (C=N–C) groups is 1. The summed E-state index contributed by atoms with van der Waals surface area (Å²) in [7, 11) is 0. The summed E-state index contributed by atoms with van der Waals surface area (Å²) in [6.07, 6.45) is 3.23. The number of rotatable bonds is 6. The molecule has 0 saturated heterocycles. The zero-order chi connectivity index (χ0) is 12.8. The molecule has 1 unspecified atom stereocenters. The minimum absolute atomic E-state index is 0.305. The van der Waals surface area contributed by atoms with Crippen LogP contribution in [0.3, 0.4) is 0 Å². The van der Waals surface area contributed by atoms with Crippen molar-refractivity contribution >= 4 is 5.71 Å². The van der Waals surface area contributed by atoms with Crippen molar-refractivity contribution < 1.29 is 13.2 Å². The maximum Gasteiger partial charge on any atom is 0.300 e. The Morgan fingerprint density at radius 2 is 2.06 bits per heavy atom. The van der Waals surface area contributed by atoms with Crippen LogP contribution in [-0.4, -0.2) is 18.3 Å². The van der Waals surface area contributed by atoms with Gasteiger partial charge in [-0.25, -0.2) is 4.39 Å². The lowest BCUT2D eigenvalue weighted by atomic mass is 10.0. The fourth-order valence-corrected chi connectivity index (χ4v) is 0.875. The van der Waals surface area contributed by atoms with Crippen molar-refractivity contribution in [3.05, 3.63) is 24.4 Å². The summed E-state index contributed by atoms with van der Waals surface area (Å²) in [4.78, 5) is 4.00. The van der Waals surface area contributed by atoms with Gasteiger partial charge in [-0.3, -0.25) is 4.99 Å². The van der Waals surface area contributed by atoms with Crippen molar-refractivity contribution in [1.29, 1.82) is 0 Å². The van der Waals surface area contributed by atoms with Crippen LogP contribution in [0.4, 0.5) is 13.2 Å². The smallest absolute Gasteiger partial charge is 0.266 e. The fraction of sp³-hybridized carbons (Fsp3) is 0.583. The molecular weight excluding hydrogens is 215 g/mol. The van der Waals surface area contributed by atoms with Gasteiger partial charge in [-0.15, -0.1) is 0 Å². The summed E-state index contributed by atoms with van der Waals surface area (Å²) >= 11 is 0. The van der Waals surface area contributed by atoms with Crippen molar-refractivity contribution in [2.75, 3.05) is 6.67 Å². The van der Waals surface area contributed by atoms with Gasteiger partial charge >= 0.3 is 5.92 Å². The van der Waals surface area contributed by atoms with E-state index in [1.165, 1.54) is 6.20 Å². The molecular formula is C12H18F3N. The molecule has 92 valence electrons. The molecule has 0 fully saturated rings. The molecule has 0 aliphatic carbocycles. The van der Waals surface area contributed by atoms with Gasteiger partial charge in [0.2, 0.25) is 0 Å². The first-order valence-corrected chi connectivity index (χ1v) is 5.19. The SMILES string of the molecule is C=C(/C=C\N=C(C)C(C)CC)C(F)(F)CF. The highest BCUT2D eigenvalue weighted by molar-refractivity contribution is 5.84. The summed E-state index contributed by atoms with van der Waals surface area (Å²) in [5, 5.41) is 0. The Morgan fingerprint density at radius 1 is 1.50 bits per heavy atom. The van der Waals surface area contributed by atoms with E-state index in [1.807, 2.05) is 20.8 Å². The lowest BCUT2D eigenvalue weighted by Crippen LogP contribution is -2.19. The molecule has 0 N–H and O–H groups in total. The van der Waals surface area contributed by atoms with Gasteiger partial charge in [0.15, 0.2) is 6.67 Å².